The second kappa shape index (κ2) is 23.3. The van der Waals surface area contributed by atoms with E-state index in [1.807, 2.05) is 0 Å². The Morgan fingerprint density at radius 3 is 1.43 bits per heavy atom. The fraction of sp³-hybridized carbons (Fsp3) is 0. The Bertz CT molecular complexity index is 5450. The van der Waals surface area contributed by atoms with Gasteiger partial charge in [-0.3, -0.25) is 37.4 Å². The van der Waals surface area contributed by atoms with Crippen molar-refractivity contribution in [3.05, 3.63) is 112 Å². The van der Waals surface area contributed by atoms with E-state index in [0.717, 1.165) is 18.2 Å². The van der Waals surface area contributed by atoms with Gasteiger partial charge in [0.15, 0.2) is 17.2 Å². The Morgan fingerprint density at radius 2 is 0.923 bits per heavy atom. The van der Waals surface area contributed by atoms with E-state index >= 15 is 0 Å². The first kappa shape index (κ1) is 66.1. The normalized spacial score (nSPS) is 12.9. The number of nitrogens with zero attached hydrogens (tertiary/aromatic N) is 11. The quantitative estimate of drug-likeness (QED) is 0.0127. The highest BCUT2D eigenvalue weighted by molar-refractivity contribution is 7.87. The van der Waals surface area contributed by atoms with Crippen LogP contribution >= 0.6 is 0 Å². The number of phenols is 2. The second-order valence-electron chi connectivity index (χ2n) is 17.7. The highest BCUT2D eigenvalue weighted by Gasteiger charge is 2.32. The Balaban J connectivity index is 1.23. The smallest absolute Gasteiger partial charge is 0.358 e. The monoisotopic (exact) mass is 1380 g/mol. The van der Waals surface area contributed by atoms with Gasteiger partial charge in [-0.05, 0) is 72.8 Å². The van der Waals surface area contributed by atoms with Gasteiger partial charge in [0.2, 0.25) is 11.6 Å². The molecule has 0 bridgehead atoms. The molecule has 0 unspecified atom stereocenters. The van der Waals surface area contributed by atoms with E-state index < -0.39 is 231 Å². The molecule has 8 rings (SSSR count). The molecule has 474 valence electrons. The summed E-state index contributed by atoms with van der Waals surface area (Å²) in [5, 5.41) is 102. The van der Waals surface area contributed by atoms with E-state index in [0.29, 0.717) is 53.2 Å². The van der Waals surface area contributed by atoms with Crippen LogP contribution in [-0.4, -0.2) is 141 Å². The first-order valence-electron chi connectivity index (χ1n) is 23.0. The van der Waals surface area contributed by atoms with Crippen LogP contribution in [0.5, 0.6) is 17.4 Å². The third kappa shape index (κ3) is 13.3. The number of aromatic nitrogens is 2. The van der Waals surface area contributed by atoms with Crippen LogP contribution in [0.3, 0.4) is 0 Å². The van der Waals surface area contributed by atoms with Crippen LogP contribution in [0.4, 0.5) is 56.9 Å². The van der Waals surface area contributed by atoms with Crippen molar-refractivity contribution in [3.63, 3.8) is 0 Å². The zero-order chi connectivity index (χ0) is 67.7. The van der Waals surface area contributed by atoms with Crippen molar-refractivity contribution in [1.82, 2.24) is 9.78 Å². The van der Waals surface area contributed by atoms with Crippen molar-refractivity contribution in [1.29, 1.82) is 0 Å². The molecule has 0 saturated heterocycles. The van der Waals surface area contributed by atoms with Gasteiger partial charge in [-0.25, -0.2) is 14.4 Å². The van der Waals surface area contributed by atoms with Crippen molar-refractivity contribution >= 4 is 157 Å². The maximum absolute atomic E-state index is 13.1. The number of rotatable bonds is 19. The minimum absolute atomic E-state index is 0.223. The predicted octanol–water partition coefficient (Wildman–Crippen LogP) is 7.02. The molecule has 0 fully saturated rings. The molecule has 0 aliphatic rings. The number of carbonyl (C=O) groups is 3. The van der Waals surface area contributed by atoms with Crippen LogP contribution in [0.1, 0.15) is 31.2 Å². The molecule has 0 radical (unpaired) electrons. The molecule has 8 aromatic rings. The zero-order valence-electron chi connectivity index (χ0n) is 43.3. The number of fused-ring (bicyclic) bond motifs is 2. The Hall–Kier alpha value is -10.9. The standard InChI is InChI=1S/C44H28N12O29S6/c45-33-26(14-27(86(68,69)70)22-13-31(90(80,81)82)35(39(58)32(22)33)52-47-24-5-2-18(56(66)67)11-29(24)88(74,75)76)50-49-25-6-3-20-21(40(25)91(83,84)85)12-30(89(77,78)79)34(38(20)57)51-46-17-1-4-23(28(10-17)87(71,72)73)48-53-36-37(44(64)65)54-55(41(36)59)19-8-15(42(60)61)7-16(9-19)43(62)63/h1-14,57-59H,45H2,(H,60,61)(H,62,63)(H,64,65)(H,68,69,70)(H,71,72,73)(H,74,75,76)(H,77,78,79)(H,80,81,82)(H,83,84,85). The number of phenolic OH excluding ortho intramolecular Hbond substituents is 2. The summed E-state index contributed by atoms with van der Waals surface area (Å²) in [5.74, 6) is -9.52. The fourth-order valence-electron chi connectivity index (χ4n) is 8.10. The summed E-state index contributed by atoms with van der Waals surface area (Å²) in [6, 6.07) is 7.71. The van der Waals surface area contributed by atoms with Crippen LogP contribution in [0.25, 0.3) is 27.2 Å². The number of nitrogen functional groups attached to an aromatic ring is 1. The van der Waals surface area contributed by atoms with Crippen molar-refractivity contribution in [3.8, 4) is 23.1 Å². The Kier molecular flexibility index (Phi) is 16.9. The number of nitro groups is 1. The molecule has 0 aliphatic carbocycles. The molecule has 91 heavy (non-hydrogen) atoms. The molecule has 1 aromatic heterocycles. The van der Waals surface area contributed by atoms with Crippen molar-refractivity contribution in [2.75, 3.05) is 5.73 Å². The van der Waals surface area contributed by atoms with Crippen LogP contribution in [0.2, 0.25) is 0 Å². The van der Waals surface area contributed by atoms with E-state index in [4.69, 9.17) is 5.73 Å². The molecule has 0 aliphatic heterocycles. The molecular formula is C44H28N12O29S6. The zero-order valence-corrected chi connectivity index (χ0v) is 48.2. The number of aromatic carboxylic acids is 3. The molecule has 0 atom stereocenters. The Morgan fingerprint density at radius 1 is 0.462 bits per heavy atom. The molecule has 7 aromatic carbocycles. The lowest BCUT2D eigenvalue weighted by molar-refractivity contribution is -0.385. The molecule has 41 nitrogen and oxygen atoms in total. The summed E-state index contributed by atoms with van der Waals surface area (Å²) in [6.07, 6.45) is 0. The first-order chi connectivity index (χ1) is 41.9. The molecule has 1 heterocycles. The molecular weight excluding hydrogens is 1350 g/mol. The molecule has 0 spiro atoms. The van der Waals surface area contributed by atoms with Crippen molar-refractivity contribution in [2.45, 2.75) is 29.4 Å². The van der Waals surface area contributed by atoms with Crippen LogP contribution in [0.15, 0.2) is 155 Å². The van der Waals surface area contributed by atoms with Crippen LogP contribution < -0.4 is 5.73 Å². The number of carboxylic acid groups (broad SMARTS) is 3. The van der Waals surface area contributed by atoms with E-state index in [2.05, 4.69) is 46.0 Å². The predicted molar refractivity (Wildman–Crippen MR) is 297 cm³/mol. The van der Waals surface area contributed by atoms with Gasteiger partial charge in [0.05, 0.1) is 38.5 Å². The summed E-state index contributed by atoms with van der Waals surface area (Å²) in [6.45, 7) is 0. The third-order valence-corrected chi connectivity index (χ3v) is 17.3. The van der Waals surface area contributed by atoms with Gasteiger partial charge in [-0.2, -0.15) is 65.4 Å². The minimum atomic E-state index is -5.82. The van der Waals surface area contributed by atoms with Crippen molar-refractivity contribution < 1.29 is 128 Å². The maximum atomic E-state index is 13.1. The van der Waals surface area contributed by atoms with E-state index in [9.17, 15) is 133 Å². The van der Waals surface area contributed by atoms with Crippen LogP contribution in [0, 0.1) is 10.1 Å². The summed E-state index contributed by atoms with van der Waals surface area (Å²) < 4.78 is 214. The van der Waals surface area contributed by atoms with Gasteiger partial charge in [-0.1, -0.05) is 0 Å². The van der Waals surface area contributed by atoms with E-state index in [1.54, 1.807) is 0 Å². The summed E-state index contributed by atoms with van der Waals surface area (Å²) in [7, 11) is -33.9. The van der Waals surface area contributed by atoms with Crippen LogP contribution in [-0.2, 0) is 60.7 Å². The number of non-ortho nitro benzene ring substituents is 1. The lowest BCUT2D eigenvalue weighted by Crippen LogP contribution is -2.07. The second-order valence-corrected chi connectivity index (χ2v) is 26.0. The number of aromatic hydroxyl groups is 3. The topological polar surface area (TPSA) is 685 Å². The SMILES string of the molecule is Nc1c(N=Nc2ccc3c(O)c(N=Nc4ccc(N=Nc5c(C(=O)O)nn(-c6cc(C(=O)O)cc(C(=O)O)c6)c5O)c(S(=O)(=O)O)c4)c(S(=O)(=O)O)cc3c2S(=O)(=O)O)cc(S(=O)(=O)O)c2cc(S(=O)(=O)O)c(N=Nc3ccc([N+](=O)[O-])cc3S(=O)(=O)O)c(O)c12. The molecule has 14 N–H and O–H groups in total. The fourth-order valence-corrected chi connectivity index (χ4v) is 12.2. The number of nitrogens with two attached hydrogens (primary N) is 1. The van der Waals surface area contributed by atoms with Gasteiger partial charge >= 0.3 is 17.9 Å². The number of anilines is 1. The first-order valence-corrected chi connectivity index (χ1v) is 31.6. The third-order valence-electron chi connectivity index (χ3n) is 12.0. The van der Waals surface area contributed by atoms with Gasteiger partial charge in [0.1, 0.15) is 63.5 Å². The summed E-state index contributed by atoms with van der Waals surface area (Å²) in [4.78, 5) is 37.0. The number of nitro benzene ring substituents is 1. The van der Waals surface area contributed by atoms with Gasteiger partial charge in [0, 0.05) is 28.3 Å². The highest BCUT2D eigenvalue weighted by Crippen LogP contribution is 2.50. The number of carboxylic acids is 3. The molecule has 47 heteroatoms. The molecule has 0 saturated carbocycles. The van der Waals surface area contributed by atoms with Gasteiger partial charge < -0.3 is 36.4 Å². The average molecular weight is 1380 g/mol. The number of azo groups is 4. The van der Waals surface area contributed by atoms with Gasteiger partial charge in [-0.15, -0.1) is 35.8 Å². The largest absolute Gasteiger partial charge is 0.505 e. The summed E-state index contributed by atoms with van der Waals surface area (Å²) in [5.41, 5.74) is -7.30. The van der Waals surface area contributed by atoms with E-state index in [-0.39, 0.29) is 18.2 Å². The van der Waals surface area contributed by atoms with Crippen molar-refractivity contribution in [2.24, 2.45) is 40.9 Å². The minimum Gasteiger partial charge on any atom is -0.505 e. The van der Waals surface area contributed by atoms with Gasteiger partial charge in [0.25, 0.3) is 66.4 Å². The Labute approximate surface area is 503 Å². The number of hydrogen-bond donors (Lipinski definition) is 13. The lowest BCUT2D eigenvalue weighted by Gasteiger charge is -2.15. The average Bonchev–Trinajstić information content (AvgIpc) is 1.33. The number of hydrogen-bond acceptors (Lipinski definition) is 30. The lowest BCUT2D eigenvalue weighted by atomic mass is 10.0. The summed E-state index contributed by atoms with van der Waals surface area (Å²) >= 11 is 0. The molecule has 0 amide bonds. The number of benzene rings is 7. The highest BCUT2D eigenvalue weighted by atomic mass is 32.2. The maximum Gasteiger partial charge on any atom is 0.358 e. The van der Waals surface area contributed by atoms with E-state index in [1.165, 1.54) is 0 Å².